The maximum Gasteiger partial charge on any atom is 0.308 e. The largest absolute Gasteiger partial charge is 0.481 e. The zero-order valence-electron chi connectivity index (χ0n) is 8.08. The Morgan fingerprint density at radius 3 is 2.87 bits per heavy atom. The van der Waals surface area contributed by atoms with Crippen molar-refractivity contribution in [3.63, 3.8) is 0 Å². The highest BCUT2D eigenvalue weighted by molar-refractivity contribution is 7.19. The van der Waals surface area contributed by atoms with Crippen LogP contribution in [0.2, 0.25) is 5.02 Å². The highest BCUT2D eigenvalue weighted by atomic mass is 35.5. The van der Waals surface area contributed by atoms with Gasteiger partial charge in [0.05, 0.1) is 6.42 Å². The highest BCUT2D eigenvalue weighted by Crippen LogP contribution is 2.35. The molecule has 0 spiro atoms. The molecule has 0 aliphatic heterocycles. The highest BCUT2D eigenvalue weighted by Gasteiger charge is 2.12. The number of rotatable bonds is 2. The van der Waals surface area contributed by atoms with Crippen molar-refractivity contribution in [2.45, 2.75) is 13.3 Å². The fourth-order valence-corrected chi connectivity index (χ4v) is 3.21. The fourth-order valence-electron chi connectivity index (χ4n) is 1.61. The van der Waals surface area contributed by atoms with Crippen LogP contribution < -0.4 is 0 Å². The van der Waals surface area contributed by atoms with Crippen LogP contribution in [0.5, 0.6) is 0 Å². The third-order valence-electron chi connectivity index (χ3n) is 2.31. The van der Waals surface area contributed by atoms with E-state index in [1.165, 1.54) is 11.3 Å². The number of fused-ring (bicyclic) bond motifs is 1. The van der Waals surface area contributed by atoms with Gasteiger partial charge in [0.25, 0.3) is 0 Å². The van der Waals surface area contributed by atoms with E-state index in [9.17, 15) is 4.79 Å². The molecule has 0 aliphatic carbocycles. The second kappa shape index (κ2) is 3.83. The van der Waals surface area contributed by atoms with Gasteiger partial charge in [0.15, 0.2) is 0 Å². The van der Waals surface area contributed by atoms with E-state index < -0.39 is 5.97 Å². The molecule has 1 aromatic carbocycles. The minimum atomic E-state index is -0.805. The molecule has 0 saturated carbocycles. The standard InChI is InChI=1S/C11H9ClO2S/c1-6-9(5-10(13)14)15-8-4-2-3-7(12)11(6)8/h2-4H,5H2,1H3,(H,13,14). The topological polar surface area (TPSA) is 37.3 Å². The third-order valence-corrected chi connectivity index (χ3v) is 3.89. The Bertz CT molecular complexity index is 531. The van der Waals surface area contributed by atoms with Gasteiger partial charge in [-0.3, -0.25) is 4.79 Å². The molecule has 0 saturated heterocycles. The first kappa shape index (κ1) is 10.5. The second-order valence-electron chi connectivity index (χ2n) is 3.33. The molecule has 1 N–H and O–H groups in total. The summed E-state index contributed by atoms with van der Waals surface area (Å²) in [6.45, 7) is 1.92. The van der Waals surface area contributed by atoms with Crippen molar-refractivity contribution in [1.82, 2.24) is 0 Å². The van der Waals surface area contributed by atoms with Crippen molar-refractivity contribution in [3.8, 4) is 0 Å². The maximum absolute atomic E-state index is 10.7. The summed E-state index contributed by atoms with van der Waals surface area (Å²) in [5.74, 6) is -0.805. The van der Waals surface area contributed by atoms with Gasteiger partial charge in [0.2, 0.25) is 0 Å². The number of carboxylic acid groups (broad SMARTS) is 1. The van der Waals surface area contributed by atoms with E-state index in [1.807, 2.05) is 25.1 Å². The molecule has 2 rings (SSSR count). The molecule has 4 heteroatoms. The third kappa shape index (κ3) is 1.85. The molecule has 0 aliphatic rings. The predicted octanol–water partition coefficient (Wildman–Crippen LogP) is 3.49. The summed E-state index contributed by atoms with van der Waals surface area (Å²) >= 11 is 7.57. The van der Waals surface area contributed by atoms with Crippen molar-refractivity contribution in [3.05, 3.63) is 33.7 Å². The van der Waals surface area contributed by atoms with Gasteiger partial charge in [-0.05, 0) is 24.6 Å². The minimum absolute atomic E-state index is 0.0709. The molecular formula is C11H9ClO2S. The number of carbonyl (C=O) groups is 1. The van der Waals surface area contributed by atoms with Crippen molar-refractivity contribution < 1.29 is 9.90 Å². The normalized spacial score (nSPS) is 10.8. The maximum atomic E-state index is 10.7. The Morgan fingerprint density at radius 1 is 1.53 bits per heavy atom. The lowest BCUT2D eigenvalue weighted by molar-refractivity contribution is -0.136. The van der Waals surface area contributed by atoms with E-state index in [2.05, 4.69) is 0 Å². The zero-order chi connectivity index (χ0) is 11.0. The van der Waals surface area contributed by atoms with Crippen molar-refractivity contribution in [2.75, 3.05) is 0 Å². The van der Waals surface area contributed by atoms with Gasteiger partial charge in [0.1, 0.15) is 0 Å². The number of hydrogen-bond acceptors (Lipinski definition) is 2. The van der Waals surface area contributed by atoms with Crippen LogP contribution >= 0.6 is 22.9 Å². The molecule has 78 valence electrons. The van der Waals surface area contributed by atoms with Crippen molar-refractivity contribution in [1.29, 1.82) is 0 Å². The molecule has 2 nitrogen and oxygen atoms in total. The minimum Gasteiger partial charge on any atom is -0.481 e. The van der Waals surface area contributed by atoms with Crippen LogP contribution in [0.4, 0.5) is 0 Å². The smallest absolute Gasteiger partial charge is 0.308 e. The molecule has 0 unspecified atom stereocenters. The summed E-state index contributed by atoms with van der Waals surface area (Å²) < 4.78 is 1.05. The van der Waals surface area contributed by atoms with Crippen LogP contribution in [0.1, 0.15) is 10.4 Å². The second-order valence-corrected chi connectivity index (χ2v) is 4.88. The lowest BCUT2D eigenvalue weighted by atomic mass is 10.1. The van der Waals surface area contributed by atoms with Crippen LogP contribution in [0.3, 0.4) is 0 Å². The van der Waals surface area contributed by atoms with Crippen molar-refractivity contribution in [2.24, 2.45) is 0 Å². The quantitative estimate of drug-likeness (QED) is 0.873. The summed E-state index contributed by atoms with van der Waals surface area (Å²) in [4.78, 5) is 11.5. The molecule has 2 aromatic rings. The number of hydrogen-bond donors (Lipinski definition) is 1. The average molecular weight is 241 g/mol. The van der Waals surface area contributed by atoms with Crippen LogP contribution in [0.15, 0.2) is 18.2 Å². The molecular weight excluding hydrogens is 232 g/mol. The number of aryl methyl sites for hydroxylation is 1. The Kier molecular flexibility index (Phi) is 2.67. The first-order chi connectivity index (χ1) is 7.09. The van der Waals surface area contributed by atoms with E-state index in [0.29, 0.717) is 5.02 Å². The first-order valence-electron chi connectivity index (χ1n) is 4.48. The van der Waals surface area contributed by atoms with Gasteiger partial charge >= 0.3 is 5.97 Å². The first-order valence-corrected chi connectivity index (χ1v) is 5.67. The Hall–Kier alpha value is -1.06. The molecule has 0 radical (unpaired) electrons. The molecule has 1 heterocycles. The van der Waals surface area contributed by atoms with Gasteiger partial charge < -0.3 is 5.11 Å². The summed E-state index contributed by atoms with van der Waals surface area (Å²) in [6.07, 6.45) is 0.0709. The Balaban J connectivity index is 2.64. The number of thiophene rings is 1. The monoisotopic (exact) mass is 240 g/mol. The van der Waals surface area contributed by atoms with E-state index in [-0.39, 0.29) is 6.42 Å². The van der Waals surface area contributed by atoms with Gasteiger partial charge in [-0.15, -0.1) is 11.3 Å². The number of benzene rings is 1. The predicted molar refractivity (Wildman–Crippen MR) is 62.9 cm³/mol. The van der Waals surface area contributed by atoms with E-state index in [0.717, 1.165) is 20.5 Å². The van der Waals surface area contributed by atoms with E-state index in [1.54, 1.807) is 0 Å². The summed E-state index contributed by atoms with van der Waals surface area (Å²) in [5.41, 5.74) is 0.989. The number of halogens is 1. The molecule has 15 heavy (non-hydrogen) atoms. The van der Waals surface area contributed by atoms with Crippen LogP contribution in [0, 0.1) is 6.92 Å². The summed E-state index contributed by atoms with van der Waals surface area (Å²) in [6, 6.07) is 5.67. The van der Waals surface area contributed by atoms with Gasteiger partial charge in [0, 0.05) is 20.0 Å². The lowest BCUT2D eigenvalue weighted by Gasteiger charge is -1.96. The van der Waals surface area contributed by atoms with E-state index in [4.69, 9.17) is 16.7 Å². The molecule has 0 fully saturated rings. The lowest BCUT2D eigenvalue weighted by Crippen LogP contribution is -1.98. The van der Waals surface area contributed by atoms with Gasteiger partial charge in [-0.2, -0.15) is 0 Å². The number of carboxylic acids is 1. The van der Waals surface area contributed by atoms with Gasteiger partial charge in [-0.25, -0.2) is 0 Å². The number of aliphatic carboxylic acids is 1. The summed E-state index contributed by atoms with van der Waals surface area (Å²) in [7, 11) is 0. The average Bonchev–Trinajstić information content (AvgIpc) is 2.44. The van der Waals surface area contributed by atoms with Crippen LogP contribution in [-0.2, 0) is 11.2 Å². The molecule has 0 bridgehead atoms. The molecule has 1 aromatic heterocycles. The SMILES string of the molecule is Cc1c(CC(=O)O)sc2cccc(Cl)c12. The summed E-state index contributed by atoms with van der Waals surface area (Å²) in [5, 5.41) is 10.4. The van der Waals surface area contributed by atoms with Crippen LogP contribution in [0.25, 0.3) is 10.1 Å². The Morgan fingerprint density at radius 2 is 2.27 bits per heavy atom. The fraction of sp³-hybridized carbons (Fsp3) is 0.182. The van der Waals surface area contributed by atoms with Crippen LogP contribution in [-0.4, -0.2) is 11.1 Å². The van der Waals surface area contributed by atoms with Gasteiger partial charge in [-0.1, -0.05) is 17.7 Å². The molecule has 0 amide bonds. The van der Waals surface area contributed by atoms with E-state index >= 15 is 0 Å². The molecule has 0 atom stereocenters. The Labute approximate surface area is 96.1 Å². The zero-order valence-corrected chi connectivity index (χ0v) is 9.65. The van der Waals surface area contributed by atoms with Crippen molar-refractivity contribution >= 4 is 39.0 Å².